The van der Waals surface area contributed by atoms with Gasteiger partial charge in [-0.05, 0) is 26.0 Å². The molecule has 0 aliphatic rings. The lowest BCUT2D eigenvalue weighted by Gasteiger charge is -2.18. The van der Waals surface area contributed by atoms with Crippen molar-refractivity contribution in [2.45, 2.75) is 26.4 Å². The molecule has 0 bridgehead atoms. The standard InChI is InChI=1S/C17H19FN6O/c1-11(2)24-10-20-21-15(24)9-23(3)17(25)14-8-19-22-16(14)12-5-4-6-13(18)7-12/h4-8,10-11H,9H2,1-3H3,(H,19,22). The quantitative estimate of drug-likeness (QED) is 0.773. The fourth-order valence-electron chi connectivity index (χ4n) is 2.61. The number of halogens is 1. The summed E-state index contributed by atoms with van der Waals surface area (Å²) in [5, 5.41) is 14.7. The number of nitrogens with zero attached hydrogens (tertiary/aromatic N) is 5. The van der Waals surface area contributed by atoms with E-state index in [1.54, 1.807) is 25.5 Å². The second-order valence-corrected chi connectivity index (χ2v) is 6.08. The molecule has 0 fully saturated rings. The van der Waals surface area contributed by atoms with Crippen LogP contribution in [-0.2, 0) is 6.54 Å². The van der Waals surface area contributed by atoms with Gasteiger partial charge in [-0.25, -0.2) is 4.39 Å². The van der Waals surface area contributed by atoms with Gasteiger partial charge in [0, 0.05) is 18.7 Å². The zero-order valence-corrected chi connectivity index (χ0v) is 14.3. The first kappa shape index (κ1) is 16.8. The summed E-state index contributed by atoms with van der Waals surface area (Å²) in [5.41, 5.74) is 1.44. The molecule has 0 spiro atoms. The van der Waals surface area contributed by atoms with Crippen LogP contribution in [0.4, 0.5) is 4.39 Å². The maximum Gasteiger partial charge on any atom is 0.257 e. The van der Waals surface area contributed by atoms with E-state index >= 15 is 0 Å². The number of carbonyl (C=O) groups is 1. The van der Waals surface area contributed by atoms with Crippen molar-refractivity contribution in [3.63, 3.8) is 0 Å². The molecule has 2 heterocycles. The molecule has 3 aromatic rings. The summed E-state index contributed by atoms with van der Waals surface area (Å²) in [5.74, 6) is 0.0943. The first-order valence-corrected chi connectivity index (χ1v) is 7.90. The van der Waals surface area contributed by atoms with Crippen LogP contribution in [0.3, 0.4) is 0 Å². The Morgan fingerprint density at radius 1 is 1.40 bits per heavy atom. The zero-order chi connectivity index (χ0) is 18.0. The number of aromatic nitrogens is 5. The summed E-state index contributed by atoms with van der Waals surface area (Å²) in [6.07, 6.45) is 3.10. The fraction of sp³-hybridized carbons (Fsp3) is 0.294. The Labute approximate surface area is 144 Å². The van der Waals surface area contributed by atoms with Gasteiger partial charge in [0.15, 0.2) is 5.82 Å². The molecular weight excluding hydrogens is 323 g/mol. The number of hydrogen-bond acceptors (Lipinski definition) is 4. The van der Waals surface area contributed by atoms with Crippen molar-refractivity contribution in [2.24, 2.45) is 0 Å². The van der Waals surface area contributed by atoms with E-state index in [2.05, 4.69) is 20.4 Å². The van der Waals surface area contributed by atoms with Crippen LogP contribution in [0, 0.1) is 5.82 Å². The molecule has 0 aliphatic carbocycles. The highest BCUT2D eigenvalue weighted by molar-refractivity contribution is 5.99. The summed E-state index contributed by atoms with van der Waals surface area (Å²) >= 11 is 0. The maximum absolute atomic E-state index is 13.5. The smallest absolute Gasteiger partial charge is 0.257 e. The Morgan fingerprint density at radius 2 is 2.20 bits per heavy atom. The van der Waals surface area contributed by atoms with Crippen LogP contribution in [0.25, 0.3) is 11.3 Å². The lowest BCUT2D eigenvalue weighted by Crippen LogP contribution is -2.28. The molecule has 8 heteroatoms. The second kappa shape index (κ2) is 6.84. The topological polar surface area (TPSA) is 79.7 Å². The van der Waals surface area contributed by atoms with Gasteiger partial charge >= 0.3 is 0 Å². The van der Waals surface area contributed by atoms with Crippen LogP contribution in [0.1, 0.15) is 36.1 Å². The average molecular weight is 342 g/mol. The van der Waals surface area contributed by atoms with E-state index in [0.29, 0.717) is 29.2 Å². The molecule has 0 radical (unpaired) electrons. The third-order valence-electron chi connectivity index (χ3n) is 3.91. The predicted octanol–water partition coefficient (Wildman–Crippen LogP) is 2.66. The number of rotatable bonds is 5. The molecule has 1 N–H and O–H groups in total. The zero-order valence-electron chi connectivity index (χ0n) is 14.3. The van der Waals surface area contributed by atoms with Crippen molar-refractivity contribution in [2.75, 3.05) is 7.05 Å². The van der Waals surface area contributed by atoms with Crippen molar-refractivity contribution >= 4 is 5.91 Å². The van der Waals surface area contributed by atoms with Crippen molar-refractivity contribution in [1.82, 2.24) is 29.9 Å². The van der Waals surface area contributed by atoms with Crippen LogP contribution in [0.5, 0.6) is 0 Å². The minimum absolute atomic E-state index is 0.199. The van der Waals surface area contributed by atoms with Crippen molar-refractivity contribution in [1.29, 1.82) is 0 Å². The van der Waals surface area contributed by atoms with Gasteiger partial charge < -0.3 is 9.47 Å². The molecule has 7 nitrogen and oxygen atoms in total. The molecule has 0 aliphatic heterocycles. The molecule has 1 aromatic carbocycles. The number of amides is 1. The van der Waals surface area contributed by atoms with Crippen molar-refractivity contribution < 1.29 is 9.18 Å². The molecule has 3 rings (SSSR count). The number of carbonyl (C=O) groups excluding carboxylic acids is 1. The Kier molecular flexibility index (Phi) is 4.60. The Balaban J connectivity index is 1.84. The SMILES string of the molecule is CC(C)n1cnnc1CN(C)C(=O)c1cn[nH]c1-c1cccc(F)c1. The summed E-state index contributed by atoms with van der Waals surface area (Å²) in [4.78, 5) is 14.3. The number of H-pyrrole nitrogens is 1. The fourth-order valence-corrected chi connectivity index (χ4v) is 2.61. The van der Waals surface area contributed by atoms with E-state index < -0.39 is 0 Å². The summed E-state index contributed by atoms with van der Waals surface area (Å²) in [6.45, 7) is 4.35. The molecule has 0 unspecified atom stereocenters. The average Bonchev–Trinajstić information content (AvgIpc) is 3.23. The molecule has 25 heavy (non-hydrogen) atoms. The van der Waals surface area contributed by atoms with Crippen LogP contribution in [0.15, 0.2) is 36.8 Å². The van der Waals surface area contributed by atoms with Crippen LogP contribution in [-0.4, -0.2) is 42.8 Å². The van der Waals surface area contributed by atoms with E-state index in [1.165, 1.54) is 23.2 Å². The predicted molar refractivity (Wildman–Crippen MR) is 90.2 cm³/mol. The molecular formula is C17H19FN6O. The van der Waals surface area contributed by atoms with Crippen molar-refractivity contribution in [3.05, 3.63) is 54.0 Å². The minimum atomic E-state index is -0.371. The van der Waals surface area contributed by atoms with E-state index in [4.69, 9.17) is 0 Å². The molecule has 1 amide bonds. The van der Waals surface area contributed by atoms with E-state index in [0.717, 1.165) is 0 Å². The molecule has 0 atom stereocenters. The Bertz CT molecular complexity index is 885. The van der Waals surface area contributed by atoms with Crippen LogP contribution >= 0.6 is 0 Å². The summed E-state index contributed by atoms with van der Waals surface area (Å²) in [7, 11) is 1.68. The Hall–Kier alpha value is -3.03. The molecule has 2 aromatic heterocycles. The lowest BCUT2D eigenvalue weighted by molar-refractivity contribution is 0.0780. The maximum atomic E-state index is 13.5. The highest BCUT2D eigenvalue weighted by Gasteiger charge is 2.21. The largest absolute Gasteiger partial charge is 0.334 e. The van der Waals surface area contributed by atoms with Crippen molar-refractivity contribution in [3.8, 4) is 11.3 Å². The number of nitrogens with one attached hydrogen (secondary N) is 1. The van der Waals surface area contributed by atoms with Gasteiger partial charge in [-0.15, -0.1) is 10.2 Å². The summed E-state index contributed by atoms with van der Waals surface area (Å²) in [6, 6.07) is 6.23. The highest BCUT2D eigenvalue weighted by atomic mass is 19.1. The number of aromatic amines is 1. The Morgan fingerprint density at radius 3 is 2.92 bits per heavy atom. The number of hydrogen-bond donors (Lipinski definition) is 1. The van der Waals surface area contributed by atoms with Gasteiger partial charge in [0.05, 0.1) is 24.0 Å². The number of benzene rings is 1. The monoisotopic (exact) mass is 342 g/mol. The minimum Gasteiger partial charge on any atom is -0.334 e. The summed E-state index contributed by atoms with van der Waals surface area (Å²) < 4.78 is 15.4. The van der Waals surface area contributed by atoms with E-state index in [1.807, 2.05) is 18.4 Å². The third kappa shape index (κ3) is 3.42. The first-order chi connectivity index (χ1) is 12.0. The van der Waals surface area contributed by atoms with Gasteiger partial charge in [0.25, 0.3) is 5.91 Å². The van der Waals surface area contributed by atoms with Gasteiger partial charge in [0.1, 0.15) is 12.1 Å². The van der Waals surface area contributed by atoms with Gasteiger partial charge in [-0.2, -0.15) is 5.10 Å². The van der Waals surface area contributed by atoms with Crippen LogP contribution < -0.4 is 0 Å². The molecule has 0 saturated heterocycles. The highest BCUT2D eigenvalue weighted by Crippen LogP contribution is 2.23. The van der Waals surface area contributed by atoms with E-state index in [9.17, 15) is 9.18 Å². The van der Waals surface area contributed by atoms with Gasteiger partial charge in [-0.3, -0.25) is 9.89 Å². The van der Waals surface area contributed by atoms with Gasteiger partial charge in [0.2, 0.25) is 0 Å². The lowest BCUT2D eigenvalue weighted by atomic mass is 10.1. The third-order valence-corrected chi connectivity index (χ3v) is 3.91. The normalized spacial score (nSPS) is 11.1. The molecule has 130 valence electrons. The second-order valence-electron chi connectivity index (χ2n) is 6.08. The van der Waals surface area contributed by atoms with Crippen LogP contribution in [0.2, 0.25) is 0 Å². The van der Waals surface area contributed by atoms with E-state index in [-0.39, 0.29) is 17.8 Å². The first-order valence-electron chi connectivity index (χ1n) is 7.90. The molecule has 0 saturated carbocycles. The van der Waals surface area contributed by atoms with Gasteiger partial charge in [-0.1, -0.05) is 12.1 Å².